The van der Waals surface area contributed by atoms with Crippen LogP contribution in [0.15, 0.2) is 0 Å². The minimum atomic E-state index is 0.414. The first-order chi connectivity index (χ1) is 6.27. The maximum absolute atomic E-state index is 5.62. The summed E-state index contributed by atoms with van der Waals surface area (Å²) >= 11 is 0. The summed E-state index contributed by atoms with van der Waals surface area (Å²) in [5.74, 6) is 0. The molecule has 0 radical (unpaired) electrons. The lowest BCUT2D eigenvalue weighted by molar-refractivity contribution is -0.0630. The third-order valence-electron chi connectivity index (χ3n) is 3.16. The summed E-state index contributed by atoms with van der Waals surface area (Å²) in [6, 6.07) is 1.35. The van der Waals surface area contributed by atoms with Crippen molar-refractivity contribution in [3.8, 4) is 0 Å². The molecular weight excluding hydrogens is 164 g/mol. The molecule has 3 heteroatoms. The average molecular weight is 184 g/mol. The Kier molecular flexibility index (Phi) is 2.86. The molecule has 3 atom stereocenters. The lowest BCUT2D eigenvalue weighted by Gasteiger charge is -2.40. The fourth-order valence-corrected chi connectivity index (χ4v) is 2.36. The van der Waals surface area contributed by atoms with E-state index in [4.69, 9.17) is 4.74 Å². The SMILES string of the molecule is CC1CN(C2CCNC2)C(C)CO1. The Bertz CT molecular complexity index is 168. The van der Waals surface area contributed by atoms with Crippen molar-refractivity contribution in [1.29, 1.82) is 0 Å². The van der Waals surface area contributed by atoms with Crippen LogP contribution in [0.25, 0.3) is 0 Å². The summed E-state index contributed by atoms with van der Waals surface area (Å²) in [6.45, 7) is 8.79. The van der Waals surface area contributed by atoms with Gasteiger partial charge < -0.3 is 10.1 Å². The van der Waals surface area contributed by atoms with E-state index in [9.17, 15) is 0 Å². The van der Waals surface area contributed by atoms with Gasteiger partial charge in [-0.1, -0.05) is 0 Å². The Morgan fingerprint density at radius 3 is 2.92 bits per heavy atom. The van der Waals surface area contributed by atoms with Crippen LogP contribution >= 0.6 is 0 Å². The first kappa shape index (κ1) is 9.44. The summed E-state index contributed by atoms with van der Waals surface area (Å²) in [7, 11) is 0. The van der Waals surface area contributed by atoms with Gasteiger partial charge in [0.25, 0.3) is 0 Å². The van der Waals surface area contributed by atoms with Crippen molar-refractivity contribution in [3.05, 3.63) is 0 Å². The van der Waals surface area contributed by atoms with E-state index < -0.39 is 0 Å². The summed E-state index contributed by atoms with van der Waals surface area (Å²) in [4.78, 5) is 2.61. The Morgan fingerprint density at radius 2 is 2.23 bits per heavy atom. The highest BCUT2D eigenvalue weighted by atomic mass is 16.5. The molecule has 76 valence electrons. The number of ether oxygens (including phenoxy) is 1. The topological polar surface area (TPSA) is 24.5 Å². The van der Waals surface area contributed by atoms with E-state index >= 15 is 0 Å². The standard InChI is InChI=1S/C10H20N2O/c1-8-7-13-9(2)6-12(8)10-3-4-11-5-10/h8-11H,3-7H2,1-2H3. The normalized spacial score (nSPS) is 42.5. The molecule has 0 saturated carbocycles. The first-order valence-electron chi connectivity index (χ1n) is 5.35. The zero-order valence-electron chi connectivity index (χ0n) is 8.62. The largest absolute Gasteiger partial charge is 0.376 e. The number of morpholine rings is 1. The Balaban J connectivity index is 1.94. The smallest absolute Gasteiger partial charge is 0.0674 e. The molecular formula is C10H20N2O. The second-order valence-corrected chi connectivity index (χ2v) is 4.34. The second kappa shape index (κ2) is 3.95. The van der Waals surface area contributed by atoms with Gasteiger partial charge in [-0.3, -0.25) is 4.90 Å². The molecule has 2 rings (SSSR count). The monoisotopic (exact) mass is 184 g/mol. The van der Waals surface area contributed by atoms with E-state index in [0.29, 0.717) is 12.1 Å². The van der Waals surface area contributed by atoms with Crippen LogP contribution in [0.2, 0.25) is 0 Å². The van der Waals surface area contributed by atoms with E-state index in [1.54, 1.807) is 0 Å². The third kappa shape index (κ3) is 2.03. The van der Waals surface area contributed by atoms with Crippen molar-refractivity contribution >= 4 is 0 Å². The number of hydrogen-bond donors (Lipinski definition) is 1. The third-order valence-corrected chi connectivity index (χ3v) is 3.16. The molecule has 1 N–H and O–H groups in total. The highest BCUT2D eigenvalue weighted by Crippen LogP contribution is 2.18. The van der Waals surface area contributed by atoms with Crippen LogP contribution in [-0.4, -0.2) is 49.3 Å². The predicted octanol–water partition coefficient (Wildman–Crippen LogP) is 0.457. The van der Waals surface area contributed by atoms with Crippen molar-refractivity contribution < 1.29 is 4.74 Å². The average Bonchev–Trinajstić information content (AvgIpc) is 2.61. The van der Waals surface area contributed by atoms with E-state index in [0.717, 1.165) is 25.7 Å². The van der Waals surface area contributed by atoms with Crippen molar-refractivity contribution in [1.82, 2.24) is 10.2 Å². The van der Waals surface area contributed by atoms with Gasteiger partial charge in [-0.05, 0) is 26.8 Å². The molecule has 0 aromatic heterocycles. The zero-order chi connectivity index (χ0) is 9.26. The minimum Gasteiger partial charge on any atom is -0.376 e. The van der Waals surface area contributed by atoms with Crippen LogP contribution in [-0.2, 0) is 4.74 Å². The minimum absolute atomic E-state index is 0.414. The van der Waals surface area contributed by atoms with Gasteiger partial charge in [0.2, 0.25) is 0 Å². The summed E-state index contributed by atoms with van der Waals surface area (Å²) in [6.07, 6.45) is 1.72. The molecule has 0 amide bonds. The Hall–Kier alpha value is -0.120. The van der Waals surface area contributed by atoms with Gasteiger partial charge in [0, 0.05) is 25.2 Å². The number of nitrogens with one attached hydrogen (secondary N) is 1. The van der Waals surface area contributed by atoms with Crippen LogP contribution in [0.4, 0.5) is 0 Å². The van der Waals surface area contributed by atoms with E-state index in [2.05, 4.69) is 24.1 Å². The van der Waals surface area contributed by atoms with Gasteiger partial charge in [0.1, 0.15) is 0 Å². The van der Waals surface area contributed by atoms with E-state index in [1.165, 1.54) is 13.0 Å². The molecule has 2 aliphatic rings. The Labute approximate surface area is 80.4 Å². The van der Waals surface area contributed by atoms with Crippen molar-refractivity contribution in [3.63, 3.8) is 0 Å². The quantitative estimate of drug-likeness (QED) is 0.640. The van der Waals surface area contributed by atoms with Crippen LogP contribution in [0, 0.1) is 0 Å². The molecule has 0 aromatic carbocycles. The molecule has 0 aliphatic carbocycles. The van der Waals surface area contributed by atoms with Gasteiger partial charge >= 0.3 is 0 Å². The van der Waals surface area contributed by atoms with Crippen molar-refractivity contribution in [2.75, 3.05) is 26.2 Å². The first-order valence-corrected chi connectivity index (χ1v) is 5.35. The molecule has 0 spiro atoms. The van der Waals surface area contributed by atoms with Crippen LogP contribution in [0.3, 0.4) is 0 Å². The van der Waals surface area contributed by atoms with Crippen LogP contribution in [0.1, 0.15) is 20.3 Å². The zero-order valence-corrected chi connectivity index (χ0v) is 8.62. The molecule has 2 heterocycles. The Morgan fingerprint density at radius 1 is 1.38 bits per heavy atom. The number of nitrogens with zero attached hydrogens (tertiary/aromatic N) is 1. The van der Waals surface area contributed by atoms with Crippen molar-refractivity contribution in [2.45, 2.75) is 38.5 Å². The van der Waals surface area contributed by atoms with Gasteiger partial charge in [0.05, 0.1) is 12.7 Å². The number of rotatable bonds is 1. The van der Waals surface area contributed by atoms with E-state index in [1.807, 2.05) is 0 Å². The summed E-state index contributed by atoms with van der Waals surface area (Å²) in [5, 5.41) is 3.42. The van der Waals surface area contributed by atoms with Crippen LogP contribution in [0.5, 0.6) is 0 Å². The molecule has 2 saturated heterocycles. The van der Waals surface area contributed by atoms with Crippen molar-refractivity contribution in [2.24, 2.45) is 0 Å². The molecule has 0 bridgehead atoms. The molecule has 2 aliphatic heterocycles. The van der Waals surface area contributed by atoms with Gasteiger partial charge in [-0.15, -0.1) is 0 Å². The summed E-state index contributed by atoms with van der Waals surface area (Å²) in [5.41, 5.74) is 0. The fourth-order valence-electron chi connectivity index (χ4n) is 2.36. The highest BCUT2D eigenvalue weighted by Gasteiger charge is 2.30. The summed E-state index contributed by atoms with van der Waals surface area (Å²) < 4.78 is 5.62. The molecule has 3 unspecified atom stereocenters. The highest BCUT2D eigenvalue weighted by molar-refractivity contribution is 4.86. The maximum Gasteiger partial charge on any atom is 0.0674 e. The second-order valence-electron chi connectivity index (χ2n) is 4.34. The molecule has 3 nitrogen and oxygen atoms in total. The maximum atomic E-state index is 5.62. The molecule has 0 aromatic rings. The predicted molar refractivity (Wildman–Crippen MR) is 52.9 cm³/mol. The molecule has 13 heavy (non-hydrogen) atoms. The fraction of sp³-hybridized carbons (Fsp3) is 1.00. The van der Waals surface area contributed by atoms with Crippen LogP contribution < -0.4 is 5.32 Å². The molecule has 2 fully saturated rings. The van der Waals surface area contributed by atoms with E-state index in [-0.39, 0.29) is 0 Å². The lowest BCUT2D eigenvalue weighted by Crippen LogP contribution is -2.52. The van der Waals surface area contributed by atoms with Gasteiger partial charge in [-0.2, -0.15) is 0 Å². The number of hydrogen-bond acceptors (Lipinski definition) is 3. The lowest BCUT2D eigenvalue weighted by atomic mass is 10.1. The van der Waals surface area contributed by atoms with Gasteiger partial charge in [0.15, 0.2) is 0 Å². The van der Waals surface area contributed by atoms with Gasteiger partial charge in [-0.25, -0.2) is 0 Å².